The van der Waals surface area contributed by atoms with E-state index in [1.165, 1.54) is 31.5 Å². The van der Waals surface area contributed by atoms with Crippen LogP contribution in [0, 0.1) is 5.82 Å². The third kappa shape index (κ3) is 3.53. The fourth-order valence-corrected chi connectivity index (χ4v) is 3.02. The molecule has 0 aromatic heterocycles. The summed E-state index contributed by atoms with van der Waals surface area (Å²) in [5.74, 6) is -0.189. The zero-order valence-electron chi connectivity index (χ0n) is 11.0. The van der Waals surface area contributed by atoms with Crippen molar-refractivity contribution in [2.45, 2.75) is 25.4 Å². The highest BCUT2D eigenvalue weighted by molar-refractivity contribution is 9.10. The third-order valence-electron chi connectivity index (χ3n) is 3.66. The van der Waals surface area contributed by atoms with Crippen molar-refractivity contribution in [3.05, 3.63) is 34.1 Å². The van der Waals surface area contributed by atoms with E-state index in [-0.39, 0.29) is 5.82 Å². The third-order valence-corrected chi connectivity index (χ3v) is 4.40. The summed E-state index contributed by atoms with van der Waals surface area (Å²) in [6.07, 6.45) is 2.51. The highest BCUT2D eigenvalue weighted by Crippen LogP contribution is 2.22. The van der Waals surface area contributed by atoms with E-state index in [0.29, 0.717) is 6.04 Å². The maximum absolute atomic E-state index is 13.0. The molecule has 1 fully saturated rings. The van der Waals surface area contributed by atoms with Gasteiger partial charge in [0.2, 0.25) is 0 Å². The van der Waals surface area contributed by atoms with E-state index in [1.807, 2.05) is 6.07 Å². The zero-order chi connectivity index (χ0) is 13.1. The Morgan fingerprint density at radius 3 is 2.94 bits per heavy atom. The van der Waals surface area contributed by atoms with Gasteiger partial charge >= 0.3 is 0 Å². The zero-order valence-corrected chi connectivity index (χ0v) is 12.6. The van der Waals surface area contributed by atoms with Crippen LogP contribution >= 0.6 is 15.9 Å². The van der Waals surface area contributed by atoms with Crippen molar-refractivity contribution in [2.75, 3.05) is 27.2 Å². The lowest BCUT2D eigenvalue weighted by Crippen LogP contribution is -2.44. The molecule has 1 heterocycles. The Labute approximate surface area is 117 Å². The van der Waals surface area contributed by atoms with Crippen LogP contribution in [-0.4, -0.2) is 43.0 Å². The number of halogens is 2. The van der Waals surface area contributed by atoms with Crippen LogP contribution < -0.4 is 0 Å². The number of nitrogens with zero attached hydrogens (tertiary/aromatic N) is 2. The first kappa shape index (κ1) is 14.0. The molecule has 1 unspecified atom stereocenters. The molecule has 0 spiro atoms. The first-order valence-electron chi connectivity index (χ1n) is 6.39. The smallest absolute Gasteiger partial charge is 0.124 e. The van der Waals surface area contributed by atoms with E-state index in [2.05, 4.69) is 39.8 Å². The monoisotopic (exact) mass is 314 g/mol. The predicted octanol–water partition coefficient (Wildman–Crippen LogP) is 3.11. The van der Waals surface area contributed by atoms with Gasteiger partial charge in [0.1, 0.15) is 5.82 Å². The lowest BCUT2D eigenvalue weighted by Gasteiger charge is -2.36. The van der Waals surface area contributed by atoms with E-state index in [4.69, 9.17) is 0 Å². The summed E-state index contributed by atoms with van der Waals surface area (Å²) < 4.78 is 13.9. The molecule has 1 aromatic carbocycles. The van der Waals surface area contributed by atoms with Crippen LogP contribution in [-0.2, 0) is 6.54 Å². The molecule has 0 saturated carbocycles. The second-order valence-corrected chi connectivity index (χ2v) is 6.06. The Hall–Kier alpha value is -0.450. The standard InChI is InChI=1S/C14H20BrFN2/c1-17-7-3-4-13(10-17)18(2)9-11-5-6-12(16)8-14(11)15/h5-6,8,13H,3-4,7,9-10H2,1-2H3. The van der Waals surface area contributed by atoms with Gasteiger partial charge < -0.3 is 4.90 Å². The van der Waals surface area contributed by atoms with Gasteiger partial charge in [-0.25, -0.2) is 4.39 Å². The van der Waals surface area contributed by atoms with Crippen molar-refractivity contribution in [2.24, 2.45) is 0 Å². The first-order chi connectivity index (χ1) is 8.56. The van der Waals surface area contributed by atoms with Crippen LogP contribution in [0.2, 0.25) is 0 Å². The van der Waals surface area contributed by atoms with E-state index >= 15 is 0 Å². The fourth-order valence-electron chi connectivity index (χ4n) is 2.55. The maximum Gasteiger partial charge on any atom is 0.124 e. The number of piperidine rings is 1. The van der Waals surface area contributed by atoms with E-state index in [1.54, 1.807) is 0 Å². The molecule has 1 atom stereocenters. The Bertz CT molecular complexity index is 411. The molecular formula is C14H20BrFN2. The minimum Gasteiger partial charge on any atom is -0.305 e. The van der Waals surface area contributed by atoms with Gasteiger partial charge in [0.25, 0.3) is 0 Å². The second kappa shape index (κ2) is 6.13. The van der Waals surface area contributed by atoms with Crippen molar-refractivity contribution in [1.82, 2.24) is 9.80 Å². The molecule has 18 heavy (non-hydrogen) atoms. The second-order valence-electron chi connectivity index (χ2n) is 5.21. The molecule has 4 heteroatoms. The normalized spacial score (nSPS) is 21.5. The maximum atomic E-state index is 13.0. The number of hydrogen-bond acceptors (Lipinski definition) is 2. The number of benzene rings is 1. The van der Waals surface area contributed by atoms with Gasteiger partial charge in [-0.15, -0.1) is 0 Å². The van der Waals surface area contributed by atoms with Crippen LogP contribution in [0.25, 0.3) is 0 Å². The predicted molar refractivity (Wildman–Crippen MR) is 76.1 cm³/mol. The molecule has 1 aliphatic rings. The average Bonchev–Trinajstić information content (AvgIpc) is 2.32. The molecule has 100 valence electrons. The topological polar surface area (TPSA) is 6.48 Å². The number of likely N-dealkylation sites (tertiary alicyclic amines) is 1. The van der Waals surface area contributed by atoms with Crippen LogP contribution in [0.15, 0.2) is 22.7 Å². The highest BCUT2D eigenvalue weighted by Gasteiger charge is 2.21. The summed E-state index contributed by atoms with van der Waals surface area (Å²) in [5, 5.41) is 0. The Kier molecular flexibility index (Phi) is 4.76. The molecule has 0 radical (unpaired) electrons. The van der Waals surface area contributed by atoms with Gasteiger partial charge in [0, 0.05) is 23.6 Å². The summed E-state index contributed by atoms with van der Waals surface area (Å²) in [6, 6.07) is 5.53. The molecule has 1 aliphatic heterocycles. The summed E-state index contributed by atoms with van der Waals surface area (Å²) in [5.41, 5.74) is 1.15. The quantitative estimate of drug-likeness (QED) is 0.846. The lowest BCUT2D eigenvalue weighted by molar-refractivity contribution is 0.129. The van der Waals surface area contributed by atoms with Crippen molar-refractivity contribution in [3.63, 3.8) is 0 Å². The lowest BCUT2D eigenvalue weighted by atomic mass is 10.0. The van der Waals surface area contributed by atoms with E-state index < -0.39 is 0 Å². The van der Waals surface area contributed by atoms with Crippen molar-refractivity contribution in [3.8, 4) is 0 Å². The molecule has 0 N–H and O–H groups in total. The van der Waals surface area contributed by atoms with Crippen molar-refractivity contribution >= 4 is 15.9 Å². The number of hydrogen-bond donors (Lipinski definition) is 0. The summed E-state index contributed by atoms with van der Waals surface area (Å²) >= 11 is 3.43. The van der Waals surface area contributed by atoms with Crippen LogP contribution in [0.5, 0.6) is 0 Å². The number of rotatable bonds is 3. The first-order valence-corrected chi connectivity index (χ1v) is 7.18. The fraction of sp³-hybridized carbons (Fsp3) is 0.571. The van der Waals surface area contributed by atoms with E-state index in [0.717, 1.165) is 23.1 Å². The molecule has 0 amide bonds. The molecule has 2 nitrogen and oxygen atoms in total. The Morgan fingerprint density at radius 1 is 1.50 bits per heavy atom. The SMILES string of the molecule is CN1CCCC(N(C)Cc2ccc(F)cc2Br)C1. The molecule has 0 aliphatic carbocycles. The van der Waals surface area contributed by atoms with E-state index in [9.17, 15) is 4.39 Å². The molecule has 1 saturated heterocycles. The Morgan fingerprint density at radius 2 is 2.28 bits per heavy atom. The van der Waals surface area contributed by atoms with Gasteiger partial charge in [-0.2, -0.15) is 0 Å². The average molecular weight is 315 g/mol. The van der Waals surface area contributed by atoms with Crippen molar-refractivity contribution < 1.29 is 4.39 Å². The van der Waals surface area contributed by atoms with Crippen molar-refractivity contribution in [1.29, 1.82) is 0 Å². The van der Waals surface area contributed by atoms with Crippen LogP contribution in [0.4, 0.5) is 4.39 Å². The number of likely N-dealkylation sites (N-methyl/N-ethyl adjacent to an activating group) is 2. The summed E-state index contributed by atoms with van der Waals surface area (Å²) in [6.45, 7) is 3.18. The summed E-state index contributed by atoms with van der Waals surface area (Å²) in [7, 11) is 4.33. The summed E-state index contributed by atoms with van der Waals surface area (Å²) in [4.78, 5) is 4.75. The largest absolute Gasteiger partial charge is 0.305 e. The van der Waals surface area contributed by atoms with Crippen LogP contribution in [0.1, 0.15) is 18.4 Å². The van der Waals surface area contributed by atoms with Gasteiger partial charge in [-0.1, -0.05) is 22.0 Å². The molecular weight excluding hydrogens is 295 g/mol. The highest BCUT2D eigenvalue weighted by atomic mass is 79.9. The van der Waals surface area contributed by atoms with Gasteiger partial charge in [-0.05, 0) is 51.2 Å². The van der Waals surface area contributed by atoms with Crippen LogP contribution in [0.3, 0.4) is 0 Å². The minimum atomic E-state index is -0.189. The van der Waals surface area contributed by atoms with Gasteiger partial charge in [0.15, 0.2) is 0 Å². The molecule has 2 rings (SSSR count). The van der Waals surface area contributed by atoms with Gasteiger partial charge in [0.05, 0.1) is 0 Å². The Balaban J connectivity index is 1.99. The van der Waals surface area contributed by atoms with Gasteiger partial charge in [-0.3, -0.25) is 4.90 Å². The molecule has 1 aromatic rings. The minimum absolute atomic E-state index is 0.189. The molecule has 0 bridgehead atoms.